The SMILES string of the molecule is Cc1ccsc1C(=O)N[C@@H](C)c1ccncc1. The number of aromatic nitrogens is 1. The van der Waals surface area contributed by atoms with Gasteiger partial charge in [-0.3, -0.25) is 9.78 Å². The summed E-state index contributed by atoms with van der Waals surface area (Å²) in [6.07, 6.45) is 3.46. The Morgan fingerprint density at radius 3 is 2.65 bits per heavy atom. The largest absolute Gasteiger partial charge is 0.345 e. The molecule has 2 aromatic heterocycles. The number of pyridine rings is 1. The van der Waals surface area contributed by atoms with Crippen molar-refractivity contribution in [2.45, 2.75) is 19.9 Å². The van der Waals surface area contributed by atoms with Gasteiger partial charge in [0.2, 0.25) is 0 Å². The maximum absolute atomic E-state index is 12.0. The summed E-state index contributed by atoms with van der Waals surface area (Å²) in [7, 11) is 0. The van der Waals surface area contributed by atoms with Crippen LogP contribution in [0.3, 0.4) is 0 Å². The predicted molar refractivity (Wildman–Crippen MR) is 69.2 cm³/mol. The van der Waals surface area contributed by atoms with Gasteiger partial charge >= 0.3 is 0 Å². The van der Waals surface area contributed by atoms with Crippen LogP contribution >= 0.6 is 11.3 Å². The van der Waals surface area contributed by atoms with Crippen molar-refractivity contribution in [2.75, 3.05) is 0 Å². The van der Waals surface area contributed by atoms with E-state index in [4.69, 9.17) is 0 Å². The molecule has 0 radical (unpaired) electrons. The van der Waals surface area contributed by atoms with Crippen molar-refractivity contribution in [1.82, 2.24) is 10.3 Å². The number of hydrogen-bond acceptors (Lipinski definition) is 3. The standard InChI is InChI=1S/C13H14N2OS/c1-9-5-8-17-12(9)13(16)15-10(2)11-3-6-14-7-4-11/h3-8,10H,1-2H3,(H,15,16)/t10-/m0/s1. The van der Waals surface area contributed by atoms with Crippen LogP contribution in [0.4, 0.5) is 0 Å². The van der Waals surface area contributed by atoms with Crippen LogP contribution in [-0.2, 0) is 0 Å². The van der Waals surface area contributed by atoms with Gasteiger partial charge in [0, 0.05) is 12.4 Å². The highest BCUT2D eigenvalue weighted by atomic mass is 32.1. The second-order valence-corrected chi connectivity index (χ2v) is 4.82. The van der Waals surface area contributed by atoms with Gasteiger partial charge in [-0.25, -0.2) is 0 Å². The van der Waals surface area contributed by atoms with Crippen LogP contribution in [-0.4, -0.2) is 10.9 Å². The number of amides is 1. The van der Waals surface area contributed by atoms with Gasteiger partial charge in [0.05, 0.1) is 10.9 Å². The van der Waals surface area contributed by atoms with E-state index in [1.807, 2.05) is 37.4 Å². The summed E-state index contributed by atoms with van der Waals surface area (Å²) >= 11 is 1.47. The third kappa shape index (κ3) is 2.71. The first kappa shape index (κ1) is 11.8. The average Bonchev–Trinajstić information content (AvgIpc) is 2.76. The first-order valence-electron chi connectivity index (χ1n) is 5.43. The number of carbonyl (C=O) groups excluding carboxylic acids is 1. The molecule has 88 valence electrons. The quantitative estimate of drug-likeness (QED) is 0.904. The molecule has 0 aliphatic rings. The van der Waals surface area contributed by atoms with Gasteiger partial charge in [0.15, 0.2) is 0 Å². The Labute approximate surface area is 105 Å². The van der Waals surface area contributed by atoms with E-state index in [-0.39, 0.29) is 11.9 Å². The van der Waals surface area contributed by atoms with Crippen molar-refractivity contribution in [3.63, 3.8) is 0 Å². The van der Waals surface area contributed by atoms with Gasteiger partial charge in [-0.2, -0.15) is 0 Å². The molecule has 0 saturated heterocycles. The molecule has 0 aromatic carbocycles. The Kier molecular flexibility index (Phi) is 3.54. The molecule has 0 spiro atoms. The van der Waals surface area contributed by atoms with Crippen LogP contribution in [0.5, 0.6) is 0 Å². The van der Waals surface area contributed by atoms with E-state index in [2.05, 4.69) is 10.3 Å². The predicted octanol–water partition coefficient (Wildman–Crippen LogP) is 2.94. The van der Waals surface area contributed by atoms with Gasteiger partial charge in [0.1, 0.15) is 0 Å². The van der Waals surface area contributed by atoms with E-state index in [0.29, 0.717) is 0 Å². The number of nitrogens with one attached hydrogen (secondary N) is 1. The number of thiophene rings is 1. The van der Waals surface area contributed by atoms with E-state index in [9.17, 15) is 4.79 Å². The fourth-order valence-electron chi connectivity index (χ4n) is 1.60. The van der Waals surface area contributed by atoms with E-state index in [0.717, 1.165) is 16.0 Å². The molecule has 2 rings (SSSR count). The molecule has 1 N–H and O–H groups in total. The number of nitrogens with zero attached hydrogens (tertiary/aromatic N) is 1. The highest BCUT2D eigenvalue weighted by molar-refractivity contribution is 7.12. The lowest BCUT2D eigenvalue weighted by Gasteiger charge is -2.13. The number of aryl methyl sites for hydroxylation is 1. The monoisotopic (exact) mass is 246 g/mol. The van der Waals surface area contributed by atoms with Crippen molar-refractivity contribution in [1.29, 1.82) is 0 Å². The minimum Gasteiger partial charge on any atom is -0.345 e. The third-order valence-electron chi connectivity index (χ3n) is 2.62. The molecule has 2 heterocycles. The summed E-state index contributed by atoms with van der Waals surface area (Å²) in [6.45, 7) is 3.92. The zero-order valence-corrected chi connectivity index (χ0v) is 10.6. The van der Waals surface area contributed by atoms with Crippen LogP contribution < -0.4 is 5.32 Å². The maximum atomic E-state index is 12.0. The van der Waals surface area contributed by atoms with Crippen LogP contribution in [0.25, 0.3) is 0 Å². The van der Waals surface area contributed by atoms with Gasteiger partial charge in [-0.05, 0) is 48.6 Å². The van der Waals surface area contributed by atoms with E-state index in [1.54, 1.807) is 12.4 Å². The number of hydrogen-bond donors (Lipinski definition) is 1. The average molecular weight is 246 g/mol. The van der Waals surface area contributed by atoms with Crippen molar-refractivity contribution in [3.8, 4) is 0 Å². The zero-order chi connectivity index (χ0) is 12.3. The van der Waals surface area contributed by atoms with Gasteiger partial charge in [-0.1, -0.05) is 0 Å². The first-order chi connectivity index (χ1) is 8.18. The molecule has 1 atom stereocenters. The lowest BCUT2D eigenvalue weighted by atomic mass is 10.1. The molecular formula is C13H14N2OS. The summed E-state index contributed by atoms with van der Waals surface area (Å²) in [5.41, 5.74) is 2.08. The number of carbonyl (C=O) groups is 1. The fraction of sp³-hybridized carbons (Fsp3) is 0.231. The Bertz CT molecular complexity index is 507. The molecule has 0 aliphatic heterocycles. The molecule has 2 aromatic rings. The highest BCUT2D eigenvalue weighted by Gasteiger charge is 2.13. The summed E-state index contributed by atoms with van der Waals surface area (Å²) in [5, 5.41) is 4.91. The van der Waals surface area contributed by atoms with Gasteiger partial charge in [0.25, 0.3) is 5.91 Å². The second kappa shape index (κ2) is 5.10. The summed E-state index contributed by atoms with van der Waals surface area (Å²) in [5.74, 6) is -0.0122. The minimum absolute atomic E-state index is 0.00741. The van der Waals surface area contributed by atoms with Crippen molar-refractivity contribution < 1.29 is 4.79 Å². The van der Waals surface area contributed by atoms with Crippen LogP contribution in [0.15, 0.2) is 36.0 Å². The van der Waals surface area contributed by atoms with Crippen LogP contribution in [0.2, 0.25) is 0 Å². The molecule has 17 heavy (non-hydrogen) atoms. The summed E-state index contributed by atoms with van der Waals surface area (Å²) < 4.78 is 0. The smallest absolute Gasteiger partial charge is 0.262 e. The molecule has 0 unspecified atom stereocenters. The molecule has 3 nitrogen and oxygen atoms in total. The molecule has 0 saturated carbocycles. The Morgan fingerprint density at radius 2 is 2.06 bits per heavy atom. The summed E-state index contributed by atoms with van der Waals surface area (Å²) in [4.78, 5) is 16.7. The Hall–Kier alpha value is -1.68. The Morgan fingerprint density at radius 1 is 1.35 bits per heavy atom. The topological polar surface area (TPSA) is 42.0 Å². The first-order valence-corrected chi connectivity index (χ1v) is 6.31. The van der Waals surface area contributed by atoms with Gasteiger partial charge in [-0.15, -0.1) is 11.3 Å². The van der Waals surface area contributed by atoms with Crippen LogP contribution in [0.1, 0.15) is 33.8 Å². The molecule has 0 aliphatic carbocycles. The highest BCUT2D eigenvalue weighted by Crippen LogP contribution is 2.17. The van der Waals surface area contributed by atoms with E-state index >= 15 is 0 Å². The van der Waals surface area contributed by atoms with Crippen molar-refractivity contribution >= 4 is 17.2 Å². The van der Waals surface area contributed by atoms with E-state index < -0.39 is 0 Å². The van der Waals surface area contributed by atoms with Gasteiger partial charge < -0.3 is 5.32 Å². The minimum atomic E-state index is -0.0122. The Balaban J connectivity index is 2.08. The number of rotatable bonds is 3. The maximum Gasteiger partial charge on any atom is 0.262 e. The van der Waals surface area contributed by atoms with Crippen molar-refractivity contribution in [2.24, 2.45) is 0 Å². The molecule has 4 heteroatoms. The lowest BCUT2D eigenvalue weighted by Crippen LogP contribution is -2.26. The van der Waals surface area contributed by atoms with E-state index in [1.165, 1.54) is 11.3 Å². The second-order valence-electron chi connectivity index (χ2n) is 3.91. The summed E-state index contributed by atoms with van der Waals surface area (Å²) in [6, 6.07) is 5.77. The molecule has 1 amide bonds. The molecular weight excluding hydrogens is 232 g/mol. The molecule has 0 bridgehead atoms. The van der Waals surface area contributed by atoms with Crippen molar-refractivity contribution in [3.05, 3.63) is 52.0 Å². The van der Waals surface area contributed by atoms with Crippen LogP contribution in [0, 0.1) is 6.92 Å². The third-order valence-corrected chi connectivity index (χ3v) is 3.64. The fourth-order valence-corrected chi connectivity index (χ4v) is 2.43. The molecule has 0 fully saturated rings. The normalized spacial score (nSPS) is 12.1. The lowest BCUT2D eigenvalue weighted by molar-refractivity contribution is 0.0943. The zero-order valence-electron chi connectivity index (χ0n) is 9.81.